The summed E-state index contributed by atoms with van der Waals surface area (Å²) in [7, 11) is 2.57. The van der Waals surface area contributed by atoms with E-state index in [2.05, 4.69) is 15.0 Å². The first kappa shape index (κ1) is 47.5. The molecule has 0 radical (unpaired) electrons. The van der Waals surface area contributed by atoms with E-state index in [0.717, 1.165) is 32.1 Å². The molecule has 6 rings (SSSR count). The number of hydrogen-bond acceptors (Lipinski definition) is 19. The van der Waals surface area contributed by atoms with Crippen molar-refractivity contribution in [3.8, 4) is 17.2 Å². The molecular formula is C39H38ClN3O15S3. The molecule has 6 aromatic heterocycles. The molecule has 0 unspecified atom stereocenters. The van der Waals surface area contributed by atoms with Crippen molar-refractivity contribution in [1.82, 2.24) is 15.0 Å². The van der Waals surface area contributed by atoms with Gasteiger partial charge in [-0.25, -0.2) is 33.8 Å². The zero-order valence-electron chi connectivity index (χ0n) is 33.6. The highest BCUT2D eigenvalue weighted by molar-refractivity contribution is 7.22. The minimum Gasteiger partial charge on any atom is -0.479 e. The SMILES string of the molecule is CCOC(=O)COc1c(C(=O)OC)sc2cc(C)nc(Cl)c12.CCOC(=O)COc1c(C(=O)OC)sc2cc(C)ncc12.Cc1cc2sc(C(=O)O)c(OCC(=O)O)c2cn1. The molecule has 0 bridgehead atoms. The molecule has 0 aliphatic carbocycles. The van der Waals surface area contributed by atoms with Gasteiger partial charge >= 0.3 is 35.8 Å². The lowest BCUT2D eigenvalue weighted by Crippen LogP contribution is -2.15. The Labute approximate surface area is 363 Å². The van der Waals surface area contributed by atoms with Crippen LogP contribution in [0.3, 0.4) is 0 Å². The van der Waals surface area contributed by atoms with Crippen LogP contribution in [-0.2, 0) is 33.3 Å². The lowest BCUT2D eigenvalue weighted by Gasteiger charge is -2.07. The molecule has 0 saturated carbocycles. The molecule has 0 amide bonds. The van der Waals surface area contributed by atoms with Crippen molar-refractivity contribution in [2.75, 3.05) is 47.3 Å². The van der Waals surface area contributed by atoms with E-state index in [1.165, 1.54) is 43.1 Å². The van der Waals surface area contributed by atoms with E-state index in [-0.39, 0.29) is 52.8 Å². The number of nitrogens with zero attached hydrogens (tertiary/aromatic N) is 3. The molecule has 0 fully saturated rings. The first-order valence-corrected chi connectivity index (χ1v) is 20.5. The Kier molecular flexibility index (Phi) is 17.1. The van der Waals surface area contributed by atoms with Gasteiger partial charge in [0.25, 0.3) is 0 Å². The second-order valence-corrected chi connectivity index (χ2v) is 15.5. The number of halogens is 1. The lowest BCUT2D eigenvalue weighted by molar-refractivity contribution is -0.146. The molecule has 0 saturated heterocycles. The number of ether oxygens (including phenoxy) is 7. The normalized spacial score (nSPS) is 10.5. The van der Waals surface area contributed by atoms with Crippen LogP contribution >= 0.6 is 45.6 Å². The summed E-state index contributed by atoms with van der Waals surface area (Å²) in [5.41, 5.74) is 2.30. The monoisotopic (exact) mass is 919 g/mol. The van der Waals surface area contributed by atoms with Crippen molar-refractivity contribution in [3.63, 3.8) is 0 Å². The number of carbonyl (C=O) groups excluding carboxylic acids is 4. The van der Waals surface area contributed by atoms with Gasteiger partial charge in [0.1, 0.15) is 5.15 Å². The Morgan fingerprint density at radius 2 is 1.05 bits per heavy atom. The zero-order valence-corrected chi connectivity index (χ0v) is 36.8. The summed E-state index contributed by atoms with van der Waals surface area (Å²) in [6.07, 6.45) is 3.11. The minimum absolute atomic E-state index is 0.0151. The van der Waals surface area contributed by atoms with E-state index in [9.17, 15) is 28.8 Å². The predicted molar refractivity (Wildman–Crippen MR) is 225 cm³/mol. The Bertz CT molecular complexity index is 2600. The topological polar surface area (TPSA) is 246 Å². The van der Waals surface area contributed by atoms with E-state index in [1.54, 1.807) is 46.0 Å². The third-order valence-corrected chi connectivity index (χ3v) is 11.2. The summed E-state index contributed by atoms with van der Waals surface area (Å²) in [5.74, 6) is -3.83. The van der Waals surface area contributed by atoms with Crippen LogP contribution in [0.25, 0.3) is 30.3 Å². The highest BCUT2D eigenvalue weighted by Crippen LogP contribution is 2.42. The Balaban J connectivity index is 0.000000202. The van der Waals surface area contributed by atoms with Gasteiger partial charge < -0.3 is 43.4 Å². The standard InChI is InChI=1S/C14H14ClNO5S.C14H15NO5S.C11H9NO5S/c1-4-20-9(17)6-21-11-10-8(5-7(2)16-13(10)15)22-12(11)14(18)19-3;1-4-19-11(16)7-20-12-9-6-15-8(2)5-10(9)21-13(12)14(17)18-3;1-5-2-7-6(3-12-5)9(17-4-8(13)14)10(18-7)11(15)16/h5H,4,6H2,1-3H3;5-6H,4,7H2,1-3H3;2-3H,4H2,1H3,(H,13,14)(H,15,16). The summed E-state index contributed by atoms with van der Waals surface area (Å²) < 4.78 is 37.4. The van der Waals surface area contributed by atoms with Crippen molar-refractivity contribution in [2.24, 2.45) is 0 Å². The van der Waals surface area contributed by atoms with Crippen molar-refractivity contribution in [3.05, 3.63) is 67.5 Å². The van der Waals surface area contributed by atoms with E-state index >= 15 is 0 Å². The fourth-order valence-electron chi connectivity index (χ4n) is 5.12. The maximum atomic E-state index is 11.9. The summed E-state index contributed by atoms with van der Waals surface area (Å²) in [4.78, 5) is 81.1. The number of thiophene rings is 3. The Morgan fingerprint density at radius 3 is 1.52 bits per heavy atom. The van der Waals surface area contributed by atoms with Gasteiger partial charge in [-0.05, 0) is 52.8 Å². The van der Waals surface area contributed by atoms with Crippen molar-refractivity contribution < 1.29 is 72.1 Å². The van der Waals surface area contributed by atoms with Gasteiger partial charge in [0.2, 0.25) is 0 Å². The highest BCUT2D eigenvalue weighted by atomic mass is 35.5. The summed E-state index contributed by atoms with van der Waals surface area (Å²) in [6.45, 7) is 8.20. The second-order valence-electron chi connectivity index (χ2n) is 12.0. The molecule has 18 nitrogen and oxygen atoms in total. The van der Waals surface area contributed by atoms with Crippen LogP contribution in [0, 0.1) is 20.8 Å². The predicted octanol–water partition coefficient (Wildman–Crippen LogP) is 7.09. The van der Waals surface area contributed by atoms with E-state index in [1.807, 2.05) is 13.0 Å². The number of aliphatic carboxylic acids is 1. The van der Waals surface area contributed by atoms with Crippen LogP contribution in [0.15, 0.2) is 30.6 Å². The quantitative estimate of drug-likeness (QED) is 0.0629. The average molecular weight is 920 g/mol. The number of hydrogen-bond donors (Lipinski definition) is 2. The number of rotatable bonds is 14. The molecule has 0 atom stereocenters. The van der Waals surface area contributed by atoms with E-state index in [4.69, 9.17) is 55.0 Å². The van der Waals surface area contributed by atoms with Crippen molar-refractivity contribution >= 4 is 112 Å². The number of carboxylic acids is 2. The number of aryl methyl sites for hydroxylation is 3. The van der Waals surface area contributed by atoms with Gasteiger partial charge in [-0.2, -0.15) is 0 Å². The van der Waals surface area contributed by atoms with Crippen LogP contribution in [0.5, 0.6) is 17.2 Å². The van der Waals surface area contributed by atoms with Crippen molar-refractivity contribution in [2.45, 2.75) is 34.6 Å². The number of carboxylic acid groups (broad SMARTS) is 2. The molecule has 324 valence electrons. The summed E-state index contributed by atoms with van der Waals surface area (Å²) in [6, 6.07) is 5.37. The maximum absolute atomic E-state index is 11.9. The first-order valence-electron chi connectivity index (χ1n) is 17.7. The molecule has 2 N–H and O–H groups in total. The fourth-order valence-corrected chi connectivity index (χ4v) is 8.84. The largest absolute Gasteiger partial charge is 0.479 e. The molecule has 0 aromatic carbocycles. The number of esters is 4. The molecule has 0 aliphatic rings. The van der Waals surface area contributed by atoms with Gasteiger partial charge in [0, 0.05) is 43.6 Å². The summed E-state index contributed by atoms with van der Waals surface area (Å²) in [5, 5.41) is 19.5. The van der Waals surface area contributed by atoms with Crippen LogP contribution in [0.4, 0.5) is 0 Å². The first-order chi connectivity index (χ1) is 29.0. The lowest BCUT2D eigenvalue weighted by atomic mass is 10.2. The molecule has 61 heavy (non-hydrogen) atoms. The molecule has 0 spiro atoms. The smallest absolute Gasteiger partial charge is 0.351 e. The third kappa shape index (κ3) is 12.2. The van der Waals surface area contributed by atoms with Crippen molar-refractivity contribution in [1.29, 1.82) is 0 Å². The van der Waals surface area contributed by atoms with Crippen LogP contribution in [-0.4, -0.2) is 108 Å². The molecule has 6 heterocycles. The number of fused-ring (bicyclic) bond motifs is 3. The number of pyridine rings is 3. The van der Waals surface area contributed by atoms with Gasteiger partial charge in [-0.3, -0.25) is 9.97 Å². The van der Waals surface area contributed by atoms with Gasteiger partial charge in [-0.1, -0.05) is 11.6 Å². The molecule has 0 aliphatic heterocycles. The second kappa shape index (κ2) is 21.9. The minimum atomic E-state index is -1.16. The number of aromatic nitrogens is 3. The van der Waals surface area contributed by atoms with Gasteiger partial charge in [0.15, 0.2) is 51.7 Å². The van der Waals surface area contributed by atoms with Crippen LogP contribution in [0.1, 0.15) is 59.9 Å². The van der Waals surface area contributed by atoms with Gasteiger partial charge in [0.05, 0.1) is 43.6 Å². The summed E-state index contributed by atoms with van der Waals surface area (Å²) >= 11 is 9.61. The average Bonchev–Trinajstić information content (AvgIpc) is 3.89. The molecular weight excluding hydrogens is 882 g/mol. The number of aromatic carboxylic acids is 1. The molecule has 22 heteroatoms. The zero-order chi connectivity index (χ0) is 45.0. The molecule has 6 aromatic rings. The Morgan fingerprint density at radius 1 is 0.623 bits per heavy atom. The third-order valence-electron chi connectivity index (χ3n) is 7.60. The number of carbonyl (C=O) groups is 6. The Hall–Kier alpha value is -6.16. The van der Waals surface area contributed by atoms with Crippen LogP contribution < -0.4 is 14.2 Å². The van der Waals surface area contributed by atoms with E-state index < -0.39 is 42.4 Å². The van der Waals surface area contributed by atoms with Gasteiger partial charge in [-0.15, -0.1) is 34.0 Å². The van der Waals surface area contributed by atoms with E-state index in [0.29, 0.717) is 37.2 Å². The highest BCUT2D eigenvalue weighted by Gasteiger charge is 2.25. The number of methoxy groups -OCH3 is 2. The van der Waals surface area contributed by atoms with Crippen LogP contribution in [0.2, 0.25) is 5.15 Å². The maximum Gasteiger partial charge on any atom is 0.351 e. The fraction of sp³-hybridized carbons (Fsp3) is 0.308.